The van der Waals surface area contributed by atoms with Gasteiger partial charge in [0.2, 0.25) is 0 Å². The molecule has 0 aromatic carbocycles. The predicted molar refractivity (Wildman–Crippen MR) is 41.1 cm³/mol. The standard InChI is InChI=1S/C9H10O2/c10-9(11)5-7-4-6-2-1-3-8(6)7/h1-2,5-6,8H,3-4H2,(H,10,11)/t6?,8-/m1/s1. The molecule has 0 aliphatic heterocycles. The Labute approximate surface area is 65.2 Å². The highest BCUT2D eigenvalue weighted by Crippen LogP contribution is 2.46. The molecule has 0 heterocycles. The van der Waals surface area contributed by atoms with Gasteiger partial charge in [0.1, 0.15) is 0 Å². The number of aliphatic carboxylic acids is 1. The Morgan fingerprint density at radius 3 is 3.18 bits per heavy atom. The van der Waals surface area contributed by atoms with E-state index >= 15 is 0 Å². The van der Waals surface area contributed by atoms with E-state index in [1.54, 1.807) is 0 Å². The summed E-state index contributed by atoms with van der Waals surface area (Å²) in [6, 6.07) is 0. The Hall–Kier alpha value is -1.05. The predicted octanol–water partition coefficient (Wildman–Crippen LogP) is 1.59. The molecule has 2 heteroatoms. The Morgan fingerprint density at radius 1 is 1.73 bits per heavy atom. The molecule has 1 unspecified atom stereocenters. The summed E-state index contributed by atoms with van der Waals surface area (Å²) in [5.74, 6) is 0.386. The third-order valence-electron chi connectivity index (χ3n) is 2.55. The first-order valence-corrected chi connectivity index (χ1v) is 3.87. The average molecular weight is 150 g/mol. The molecule has 2 aliphatic rings. The van der Waals surface area contributed by atoms with Crippen molar-refractivity contribution in [2.24, 2.45) is 11.8 Å². The van der Waals surface area contributed by atoms with E-state index in [1.807, 2.05) is 0 Å². The molecular formula is C9H10O2. The Bertz CT molecular complexity index is 250. The Morgan fingerprint density at radius 2 is 2.55 bits per heavy atom. The van der Waals surface area contributed by atoms with Crippen molar-refractivity contribution in [3.63, 3.8) is 0 Å². The maximum atomic E-state index is 10.3. The van der Waals surface area contributed by atoms with Gasteiger partial charge in [0.05, 0.1) is 0 Å². The highest BCUT2D eigenvalue weighted by Gasteiger charge is 2.36. The zero-order chi connectivity index (χ0) is 7.84. The van der Waals surface area contributed by atoms with Crippen molar-refractivity contribution in [1.29, 1.82) is 0 Å². The van der Waals surface area contributed by atoms with Crippen LogP contribution >= 0.6 is 0 Å². The highest BCUT2D eigenvalue weighted by atomic mass is 16.4. The fourth-order valence-electron chi connectivity index (χ4n) is 1.93. The van der Waals surface area contributed by atoms with Gasteiger partial charge in [-0.15, -0.1) is 0 Å². The lowest BCUT2D eigenvalue weighted by Gasteiger charge is -2.33. The molecule has 2 rings (SSSR count). The number of hydrogen-bond donors (Lipinski definition) is 1. The third kappa shape index (κ3) is 0.985. The molecule has 0 spiro atoms. The molecule has 0 bridgehead atoms. The highest BCUT2D eigenvalue weighted by molar-refractivity contribution is 5.81. The van der Waals surface area contributed by atoms with Crippen LogP contribution in [0.25, 0.3) is 0 Å². The number of fused-ring (bicyclic) bond motifs is 1. The van der Waals surface area contributed by atoms with Gasteiger partial charge in [-0.3, -0.25) is 0 Å². The van der Waals surface area contributed by atoms with Crippen molar-refractivity contribution in [2.45, 2.75) is 12.8 Å². The molecular weight excluding hydrogens is 140 g/mol. The molecule has 1 N–H and O–H groups in total. The molecule has 0 aromatic rings. The van der Waals surface area contributed by atoms with E-state index in [0.717, 1.165) is 18.4 Å². The SMILES string of the molecule is O=C(O)C=C1CC2C=CC[C@@H]12. The van der Waals surface area contributed by atoms with Crippen LogP contribution in [-0.2, 0) is 4.79 Å². The molecule has 0 saturated heterocycles. The van der Waals surface area contributed by atoms with Crippen LogP contribution in [0.4, 0.5) is 0 Å². The van der Waals surface area contributed by atoms with Gasteiger partial charge in [-0.05, 0) is 24.7 Å². The van der Waals surface area contributed by atoms with Gasteiger partial charge in [0.25, 0.3) is 0 Å². The zero-order valence-electron chi connectivity index (χ0n) is 6.16. The summed E-state index contributed by atoms with van der Waals surface area (Å²) in [5, 5.41) is 8.47. The molecule has 1 fully saturated rings. The van der Waals surface area contributed by atoms with Crippen molar-refractivity contribution in [1.82, 2.24) is 0 Å². The maximum absolute atomic E-state index is 10.3. The first kappa shape index (κ1) is 6.65. The molecule has 2 nitrogen and oxygen atoms in total. The molecule has 2 aliphatic carbocycles. The third-order valence-corrected chi connectivity index (χ3v) is 2.55. The number of carboxylic acids is 1. The maximum Gasteiger partial charge on any atom is 0.328 e. The summed E-state index contributed by atoms with van der Waals surface area (Å²) in [5.41, 5.74) is 1.12. The lowest BCUT2D eigenvalue weighted by molar-refractivity contribution is -0.131. The van der Waals surface area contributed by atoms with E-state index in [1.165, 1.54) is 6.08 Å². The molecule has 58 valence electrons. The van der Waals surface area contributed by atoms with Crippen LogP contribution in [0.3, 0.4) is 0 Å². The second-order valence-corrected chi connectivity index (χ2v) is 3.20. The van der Waals surface area contributed by atoms with Crippen molar-refractivity contribution >= 4 is 5.97 Å². The van der Waals surface area contributed by atoms with Gasteiger partial charge in [0, 0.05) is 6.08 Å². The molecule has 11 heavy (non-hydrogen) atoms. The average Bonchev–Trinajstić information content (AvgIpc) is 2.26. The largest absolute Gasteiger partial charge is 0.478 e. The minimum Gasteiger partial charge on any atom is -0.478 e. The Balaban J connectivity index is 2.07. The lowest BCUT2D eigenvalue weighted by atomic mass is 9.71. The summed E-state index contributed by atoms with van der Waals surface area (Å²) in [6.45, 7) is 0. The first-order valence-electron chi connectivity index (χ1n) is 3.87. The number of rotatable bonds is 1. The van der Waals surface area contributed by atoms with E-state index < -0.39 is 5.97 Å². The monoisotopic (exact) mass is 150 g/mol. The zero-order valence-corrected chi connectivity index (χ0v) is 6.16. The number of carbonyl (C=O) groups is 1. The van der Waals surface area contributed by atoms with Crippen LogP contribution in [0.1, 0.15) is 12.8 Å². The van der Waals surface area contributed by atoms with Gasteiger partial charge in [-0.1, -0.05) is 17.7 Å². The fourth-order valence-corrected chi connectivity index (χ4v) is 1.93. The molecule has 0 aromatic heterocycles. The van der Waals surface area contributed by atoms with Crippen LogP contribution in [-0.4, -0.2) is 11.1 Å². The topological polar surface area (TPSA) is 37.3 Å². The van der Waals surface area contributed by atoms with E-state index in [0.29, 0.717) is 11.8 Å². The van der Waals surface area contributed by atoms with Gasteiger partial charge < -0.3 is 5.11 Å². The van der Waals surface area contributed by atoms with Crippen LogP contribution < -0.4 is 0 Å². The summed E-state index contributed by atoms with van der Waals surface area (Å²) in [4.78, 5) is 10.3. The molecule has 2 atom stereocenters. The number of carboxylic acid groups (broad SMARTS) is 1. The van der Waals surface area contributed by atoms with Gasteiger partial charge in [-0.25, -0.2) is 4.79 Å². The van der Waals surface area contributed by atoms with Gasteiger partial charge in [-0.2, -0.15) is 0 Å². The fraction of sp³-hybridized carbons (Fsp3) is 0.444. The van der Waals surface area contributed by atoms with Crippen LogP contribution in [0, 0.1) is 11.8 Å². The molecule has 0 radical (unpaired) electrons. The van der Waals surface area contributed by atoms with Gasteiger partial charge >= 0.3 is 5.97 Å². The van der Waals surface area contributed by atoms with E-state index in [9.17, 15) is 4.79 Å². The smallest absolute Gasteiger partial charge is 0.328 e. The van der Waals surface area contributed by atoms with Crippen molar-refractivity contribution in [2.75, 3.05) is 0 Å². The van der Waals surface area contributed by atoms with E-state index in [4.69, 9.17) is 5.11 Å². The lowest BCUT2D eigenvalue weighted by Crippen LogP contribution is -2.24. The van der Waals surface area contributed by atoms with E-state index in [2.05, 4.69) is 12.2 Å². The minimum atomic E-state index is -0.801. The van der Waals surface area contributed by atoms with Gasteiger partial charge in [0.15, 0.2) is 0 Å². The van der Waals surface area contributed by atoms with Crippen LogP contribution in [0.5, 0.6) is 0 Å². The summed E-state index contributed by atoms with van der Waals surface area (Å²) < 4.78 is 0. The van der Waals surface area contributed by atoms with Crippen LogP contribution in [0.2, 0.25) is 0 Å². The normalized spacial score (nSPS) is 36.9. The Kier molecular flexibility index (Phi) is 1.34. The summed E-state index contributed by atoms with van der Waals surface area (Å²) >= 11 is 0. The number of hydrogen-bond acceptors (Lipinski definition) is 1. The second-order valence-electron chi connectivity index (χ2n) is 3.20. The minimum absolute atomic E-state index is 0.533. The van der Waals surface area contributed by atoms with Crippen molar-refractivity contribution in [3.05, 3.63) is 23.8 Å². The van der Waals surface area contributed by atoms with E-state index in [-0.39, 0.29) is 0 Å². The second kappa shape index (κ2) is 2.22. The quantitative estimate of drug-likeness (QED) is 0.455. The molecule has 0 amide bonds. The van der Waals surface area contributed by atoms with Crippen molar-refractivity contribution in [3.8, 4) is 0 Å². The first-order chi connectivity index (χ1) is 5.27. The summed E-state index contributed by atoms with van der Waals surface area (Å²) in [6.07, 6.45) is 7.73. The number of allylic oxidation sites excluding steroid dienone is 3. The summed E-state index contributed by atoms with van der Waals surface area (Å²) in [7, 11) is 0. The van der Waals surface area contributed by atoms with Crippen LogP contribution in [0.15, 0.2) is 23.8 Å². The van der Waals surface area contributed by atoms with Crippen molar-refractivity contribution < 1.29 is 9.90 Å². The molecule has 1 saturated carbocycles.